The smallest absolute Gasteiger partial charge is 0.158 e. The van der Waals surface area contributed by atoms with Gasteiger partial charge in [-0.1, -0.05) is 30.3 Å². The fourth-order valence-corrected chi connectivity index (χ4v) is 2.35. The summed E-state index contributed by atoms with van der Waals surface area (Å²) in [6.07, 6.45) is 0. The van der Waals surface area contributed by atoms with E-state index in [4.69, 9.17) is 0 Å². The average molecular weight is 215 g/mol. The molecular weight excluding hydrogens is 204 g/mol. The molecule has 1 radical (unpaired) electrons. The first-order valence-electron chi connectivity index (χ1n) is 4.66. The third-order valence-electron chi connectivity index (χ3n) is 2.09. The molecule has 0 bridgehead atoms. The molecule has 2 aromatic carbocycles. The molecule has 0 fully saturated rings. The summed E-state index contributed by atoms with van der Waals surface area (Å²) in [7, 11) is 0. The van der Waals surface area contributed by atoms with Crippen molar-refractivity contribution in [1.82, 2.24) is 0 Å². The summed E-state index contributed by atoms with van der Waals surface area (Å²) in [4.78, 5) is 1.64. The molecule has 2 heteroatoms. The molecule has 0 saturated heterocycles. The van der Waals surface area contributed by atoms with Gasteiger partial charge < -0.3 is 4.55 Å². The lowest BCUT2D eigenvalue weighted by Crippen LogP contribution is -2.01. The van der Waals surface area contributed by atoms with Gasteiger partial charge in [0.2, 0.25) is 0 Å². The van der Waals surface area contributed by atoms with E-state index < -0.39 is 11.2 Å². The molecule has 0 saturated carbocycles. The van der Waals surface area contributed by atoms with Gasteiger partial charge in [-0.25, -0.2) is 0 Å². The van der Waals surface area contributed by atoms with Gasteiger partial charge in [0.05, 0.1) is 0 Å². The third kappa shape index (κ3) is 2.41. The summed E-state index contributed by atoms with van der Waals surface area (Å²) in [6.45, 7) is 3.79. The van der Waals surface area contributed by atoms with Gasteiger partial charge in [0, 0.05) is 11.2 Å². The van der Waals surface area contributed by atoms with Crippen LogP contribution in [0.3, 0.4) is 0 Å². The fourth-order valence-electron chi connectivity index (χ4n) is 1.29. The van der Waals surface area contributed by atoms with Gasteiger partial charge in [0.15, 0.2) is 9.79 Å². The molecule has 1 unspecified atom stereocenters. The van der Waals surface area contributed by atoms with E-state index in [1.54, 1.807) is 0 Å². The lowest BCUT2D eigenvalue weighted by Gasteiger charge is -2.09. The first-order chi connectivity index (χ1) is 7.27. The minimum absolute atomic E-state index is 0.814. The number of benzene rings is 2. The Morgan fingerprint density at radius 3 is 1.93 bits per heavy atom. The summed E-state index contributed by atoms with van der Waals surface area (Å²) in [5.74, 6) is 0. The Labute approximate surface area is 92.9 Å². The molecule has 0 aromatic heterocycles. The molecule has 0 aliphatic rings. The Morgan fingerprint density at radius 2 is 1.33 bits per heavy atom. The van der Waals surface area contributed by atoms with Gasteiger partial charge in [-0.05, 0) is 36.8 Å². The van der Waals surface area contributed by atoms with Gasteiger partial charge in [-0.2, -0.15) is 0 Å². The second kappa shape index (κ2) is 4.51. The highest BCUT2D eigenvalue weighted by Gasteiger charge is 2.12. The lowest BCUT2D eigenvalue weighted by molar-refractivity contribution is 0.595. The zero-order valence-electron chi connectivity index (χ0n) is 8.22. The maximum Gasteiger partial charge on any atom is 0.158 e. The van der Waals surface area contributed by atoms with Gasteiger partial charge in [0.25, 0.3) is 0 Å². The quantitative estimate of drug-likeness (QED) is 0.706. The topological polar surface area (TPSA) is 23.1 Å². The van der Waals surface area contributed by atoms with Crippen LogP contribution in [0.5, 0.6) is 0 Å². The number of hydrogen-bond donors (Lipinski definition) is 0. The zero-order valence-corrected chi connectivity index (χ0v) is 9.04. The largest absolute Gasteiger partial charge is 0.606 e. The van der Waals surface area contributed by atoms with Crippen molar-refractivity contribution >= 4 is 11.2 Å². The Hall–Kier alpha value is -1.25. The van der Waals surface area contributed by atoms with Crippen LogP contribution < -0.4 is 0 Å². The molecule has 0 aliphatic carbocycles. The van der Waals surface area contributed by atoms with Crippen molar-refractivity contribution in [1.29, 1.82) is 0 Å². The number of hydrogen-bond acceptors (Lipinski definition) is 1. The fraction of sp³-hybridized carbons (Fsp3) is 0. The van der Waals surface area contributed by atoms with Crippen molar-refractivity contribution in [2.75, 3.05) is 0 Å². The monoisotopic (exact) mass is 215 g/mol. The summed E-state index contributed by atoms with van der Waals surface area (Å²) in [5.41, 5.74) is 0.934. The summed E-state index contributed by atoms with van der Waals surface area (Å²) in [5, 5.41) is 0. The second-order valence-corrected chi connectivity index (χ2v) is 4.71. The van der Waals surface area contributed by atoms with Crippen molar-refractivity contribution in [2.24, 2.45) is 0 Å². The predicted molar refractivity (Wildman–Crippen MR) is 62.0 cm³/mol. The third-order valence-corrected chi connectivity index (χ3v) is 3.50. The van der Waals surface area contributed by atoms with Crippen LogP contribution >= 0.6 is 0 Å². The van der Waals surface area contributed by atoms with E-state index in [0.29, 0.717) is 0 Å². The minimum atomic E-state index is -1.08. The molecule has 0 amide bonds. The van der Waals surface area contributed by atoms with E-state index in [0.717, 1.165) is 15.4 Å². The van der Waals surface area contributed by atoms with Gasteiger partial charge in [-0.15, -0.1) is 0 Å². The summed E-state index contributed by atoms with van der Waals surface area (Å²) < 4.78 is 12.0. The summed E-state index contributed by atoms with van der Waals surface area (Å²) >= 11 is -1.08. The predicted octanol–water partition coefficient (Wildman–Crippen LogP) is 3.04. The highest BCUT2D eigenvalue weighted by molar-refractivity contribution is 7.91. The van der Waals surface area contributed by atoms with Crippen molar-refractivity contribution in [3.8, 4) is 0 Å². The first-order valence-corrected chi connectivity index (χ1v) is 5.81. The Kier molecular flexibility index (Phi) is 3.09. The Balaban J connectivity index is 2.29. The molecule has 1 nitrogen and oxygen atoms in total. The van der Waals surface area contributed by atoms with Crippen LogP contribution in [0.4, 0.5) is 0 Å². The van der Waals surface area contributed by atoms with E-state index >= 15 is 0 Å². The molecule has 15 heavy (non-hydrogen) atoms. The molecule has 75 valence electrons. The van der Waals surface area contributed by atoms with Crippen LogP contribution in [0.25, 0.3) is 0 Å². The van der Waals surface area contributed by atoms with Crippen LogP contribution in [-0.2, 0) is 11.2 Å². The van der Waals surface area contributed by atoms with Crippen molar-refractivity contribution in [3.05, 3.63) is 67.1 Å². The average Bonchev–Trinajstić information content (AvgIpc) is 2.30. The van der Waals surface area contributed by atoms with Crippen molar-refractivity contribution in [2.45, 2.75) is 9.79 Å². The van der Waals surface area contributed by atoms with Gasteiger partial charge in [0.1, 0.15) is 0 Å². The van der Waals surface area contributed by atoms with Crippen LogP contribution in [0.15, 0.2) is 64.4 Å². The van der Waals surface area contributed by atoms with E-state index in [1.165, 1.54) is 0 Å². The van der Waals surface area contributed by atoms with Crippen LogP contribution in [0.2, 0.25) is 0 Å². The molecule has 0 spiro atoms. The lowest BCUT2D eigenvalue weighted by atomic mass is 10.2. The Bertz CT molecular complexity index is 422. The number of rotatable bonds is 2. The SMILES string of the molecule is [CH2]c1ccc([S+]([O-])c2ccccc2)cc1. The molecule has 0 N–H and O–H groups in total. The Morgan fingerprint density at radius 1 is 0.800 bits per heavy atom. The van der Waals surface area contributed by atoms with Gasteiger partial charge in [-0.3, -0.25) is 0 Å². The molecule has 2 rings (SSSR count). The summed E-state index contributed by atoms with van der Waals surface area (Å²) in [6, 6.07) is 16.9. The van der Waals surface area contributed by atoms with Crippen molar-refractivity contribution in [3.63, 3.8) is 0 Å². The highest BCUT2D eigenvalue weighted by Crippen LogP contribution is 2.20. The van der Waals surface area contributed by atoms with Crippen molar-refractivity contribution < 1.29 is 4.55 Å². The highest BCUT2D eigenvalue weighted by atomic mass is 32.2. The molecule has 2 aromatic rings. The van der Waals surface area contributed by atoms with Gasteiger partial charge >= 0.3 is 0 Å². The van der Waals surface area contributed by atoms with E-state index in [1.807, 2.05) is 54.6 Å². The standard InChI is InChI=1S/C13H11OS/c1-11-7-9-13(10-8-11)15(14)12-5-3-2-4-6-12/h2-10H,1H2. The molecule has 0 aliphatic heterocycles. The maximum atomic E-state index is 12.0. The molecular formula is C13H11OS. The van der Waals surface area contributed by atoms with Crippen LogP contribution in [-0.4, -0.2) is 4.55 Å². The van der Waals surface area contributed by atoms with Crippen LogP contribution in [0, 0.1) is 6.92 Å². The normalized spacial score (nSPS) is 12.4. The molecule has 0 heterocycles. The second-order valence-electron chi connectivity index (χ2n) is 3.23. The minimum Gasteiger partial charge on any atom is -0.606 e. The van der Waals surface area contributed by atoms with E-state index in [-0.39, 0.29) is 0 Å². The van der Waals surface area contributed by atoms with E-state index in [2.05, 4.69) is 6.92 Å². The zero-order chi connectivity index (χ0) is 10.7. The van der Waals surface area contributed by atoms with E-state index in [9.17, 15) is 4.55 Å². The maximum absolute atomic E-state index is 12.0. The molecule has 1 atom stereocenters. The first kappa shape index (κ1) is 10.3. The van der Waals surface area contributed by atoms with Crippen LogP contribution in [0.1, 0.15) is 5.56 Å².